The molecular formula is C21H17FN2O2. The quantitative estimate of drug-likeness (QED) is 0.741. The molecule has 4 nitrogen and oxygen atoms in total. The SMILES string of the molecule is O=C1NC(c2cccc(OCc3ccc(F)cc3)c2)Nc2ccccc21. The highest BCUT2D eigenvalue weighted by Gasteiger charge is 2.24. The van der Waals surface area contributed by atoms with Crippen LogP contribution in [0.15, 0.2) is 72.8 Å². The first-order valence-electron chi connectivity index (χ1n) is 8.33. The van der Waals surface area contributed by atoms with Gasteiger partial charge in [-0.1, -0.05) is 36.4 Å². The Hall–Kier alpha value is -3.34. The highest BCUT2D eigenvalue weighted by atomic mass is 19.1. The molecule has 1 unspecified atom stereocenters. The Morgan fingerprint density at radius 3 is 2.58 bits per heavy atom. The third kappa shape index (κ3) is 3.37. The number of carbonyl (C=O) groups is 1. The van der Waals surface area contributed by atoms with Crippen molar-refractivity contribution in [2.24, 2.45) is 0 Å². The minimum absolute atomic E-state index is 0.109. The van der Waals surface area contributed by atoms with Gasteiger partial charge in [-0.2, -0.15) is 0 Å². The van der Waals surface area contributed by atoms with E-state index < -0.39 is 0 Å². The topological polar surface area (TPSA) is 50.4 Å². The molecular weight excluding hydrogens is 331 g/mol. The first-order valence-corrected chi connectivity index (χ1v) is 8.33. The molecule has 1 atom stereocenters. The number of hydrogen-bond acceptors (Lipinski definition) is 3. The Morgan fingerprint density at radius 1 is 0.923 bits per heavy atom. The molecule has 130 valence electrons. The van der Waals surface area contributed by atoms with E-state index >= 15 is 0 Å². The Morgan fingerprint density at radius 2 is 1.73 bits per heavy atom. The lowest BCUT2D eigenvalue weighted by Gasteiger charge is -2.28. The van der Waals surface area contributed by atoms with Crippen molar-refractivity contribution in [3.8, 4) is 5.75 Å². The molecule has 2 N–H and O–H groups in total. The normalized spacial score (nSPS) is 15.6. The summed E-state index contributed by atoms with van der Waals surface area (Å²) in [6, 6.07) is 21.2. The number of halogens is 1. The molecule has 3 aromatic rings. The summed E-state index contributed by atoms with van der Waals surface area (Å²) in [6.45, 7) is 0.344. The number of amides is 1. The molecule has 4 rings (SSSR count). The van der Waals surface area contributed by atoms with Gasteiger partial charge in [0.1, 0.15) is 24.3 Å². The van der Waals surface area contributed by atoms with Gasteiger partial charge in [-0.05, 0) is 47.5 Å². The Balaban J connectivity index is 1.49. The summed E-state index contributed by atoms with van der Waals surface area (Å²) < 4.78 is 18.8. The summed E-state index contributed by atoms with van der Waals surface area (Å²) >= 11 is 0. The number of rotatable bonds is 4. The van der Waals surface area contributed by atoms with Crippen molar-refractivity contribution in [3.05, 3.63) is 95.3 Å². The number of para-hydroxylation sites is 1. The average molecular weight is 348 g/mol. The maximum absolute atomic E-state index is 13.0. The predicted molar refractivity (Wildman–Crippen MR) is 97.4 cm³/mol. The van der Waals surface area contributed by atoms with Gasteiger partial charge in [-0.15, -0.1) is 0 Å². The van der Waals surface area contributed by atoms with E-state index in [2.05, 4.69) is 10.6 Å². The molecule has 0 aromatic heterocycles. The first-order chi connectivity index (χ1) is 12.7. The zero-order chi connectivity index (χ0) is 17.9. The Kier molecular flexibility index (Phi) is 4.27. The van der Waals surface area contributed by atoms with Gasteiger partial charge in [0.15, 0.2) is 0 Å². The Bertz CT molecular complexity index is 941. The summed E-state index contributed by atoms with van der Waals surface area (Å²) in [5.41, 5.74) is 3.21. The van der Waals surface area contributed by atoms with Crippen molar-refractivity contribution < 1.29 is 13.9 Å². The van der Waals surface area contributed by atoms with Crippen LogP contribution in [0.3, 0.4) is 0 Å². The smallest absolute Gasteiger partial charge is 0.255 e. The van der Waals surface area contributed by atoms with Crippen molar-refractivity contribution in [3.63, 3.8) is 0 Å². The van der Waals surface area contributed by atoms with Crippen LogP contribution >= 0.6 is 0 Å². The third-order valence-corrected chi connectivity index (χ3v) is 4.26. The monoisotopic (exact) mass is 348 g/mol. The van der Waals surface area contributed by atoms with Crippen LogP contribution in [0.4, 0.5) is 10.1 Å². The number of carbonyl (C=O) groups excluding carboxylic acids is 1. The van der Waals surface area contributed by atoms with E-state index in [0.29, 0.717) is 17.9 Å². The van der Waals surface area contributed by atoms with Crippen molar-refractivity contribution in [1.82, 2.24) is 5.32 Å². The fraction of sp³-hybridized carbons (Fsp3) is 0.0952. The summed E-state index contributed by atoms with van der Waals surface area (Å²) in [6.07, 6.45) is -0.327. The fourth-order valence-electron chi connectivity index (χ4n) is 2.91. The molecule has 1 heterocycles. The molecule has 0 radical (unpaired) electrons. The molecule has 0 saturated carbocycles. The fourth-order valence-corrected chi connectivity index (χ4v) is 2.91. The zero-order valence-corrected chi connectivity index (χ0v) is 13.9. The van der Waals surface area contributed by atoms with Gasteiger partial charge in [0.05, 0.1) is 5.56 Å². The molecule has 1 amide bonds. The van der Waals surface area contributed by atoms with Crippen LogP contribution in [-0.4, -0.2) is 5.91 Å². The van der Waals surface area contributed by atoms with Gasteiger partial charge in [-0.25, -0.2) is 4.39 Å². The maximum Gasteiger partial charge on any atom is 0.255 e. The van der Waals surface area contributed by atoms with Crippen LogP contribution in [0.1, 0.15) is 27.7 Å². The van der Waals surface area contributed by atoms with Gasteiger partial charge >= 0.3 is 0 Å². The maximum atomic E-state index is 13.0. The van der Waals surface area contributed by atoms with Crippen molar-refractivity contribution in [2.75, 3.05) is 5.32 Å². The van der Waals surface area contributed by atoms with Crippen LogP contribution in [0, 0.1) is 5.82 Å². The summed E-state index contributed by atoms with van der Waals surface area (Å²) in [5, 5.41) is 6.27. The van der Waals surface area contributed by atoms with Crippen LogP contribution < -0.4 is 15.4 Å². The molecule has 0 fully saturated rings. The highest BCUT2D eigenvalue weighted by molar-refractivity contribution is 6.01. The summed E-state index contributed by atoms with van der Waals surface area (Å²) in [7, 11) is 0. The lowest BCUT2D eigenvalue weighted by atomic mass is 10.1. The number of hydrogen-bond donors (Lipinski definition) is 2. The molecule has 0 aliphatic carbocycles. The average Bonchev–Trinajstić information content (AvgIpc) is 2.68. The number of anilines is 1. The molecule has 1 aliphatic heterocycles. The lowest BCUT2D eigenvalue weighted by molar-refractivity contribution is 0.0935. The van der Waals surface area contributed by atoms with E-state index in [9.17, 15) is 9.18 Å². The molecule has 1 aliphatic rings. The first kappa shape index (κ1) is 16.1. The van der Waals surface area contributed by atoms with Crippen LogP contribution in [-0.2, 0) is 6.61 Å². The standard InChI is InChI=1S/C21H17FN2O2/c22-16-10-8-14(9-11-16)13-26-17-5-3-4-15(12-17)20-23-19-7-2-1-6-18(19)21(25)24-20/h1-12,20,23H,13H2,(H,24,25). The summed E-state index contributed by atoms with van der Waals surface area (Å²) in [5.74, 6) is 0.304. The van der Waals surface area contributed by atoms with E-state index in [0.717, 1.165) is 16.8 Å². The second-order valence-corrected chi connectivity index (χ2v) is 6.08. The second-order valence-electron chi connectivity index (χ2n) is 6.08. The predicted octanol–water partition coefficient (Wildman–Crippen LogP) is 4.26. The van der Waals surface area contributed by atoms with Gasteiger partial charge in [0.25, 0.3) is 5.91 Å². The van der Waals surface area contributed by atoms with Crippen molar-refractivity contribution in [1.29, 1.82) is 0 Å². The van der Waals surface area contributed by atoms with E-state index in [1.807, 2.05) is 42.5 Å². The number of ether oxygens (including phenoxy) is 1. The molecule has 0 saturated heterocycles. The zero-order valence-electron chi connectivity index (χ0n) is 13.9. The highest BCUT2D eigenvalue weighted by Crippen LogP contribution is 2.28. The van der Waals surface area contributed by atoms with Crippen molar-refractivity contribution >= 4 is 11.6 Å². The van der Waals surface area contributed by atoms with Crippen LogP contribution in [0.25, 0.3) is 0 Å². The van der Waals surface area contributed by atoms with E-state index in [1.165, 1.54) is 12.1 Å². The van der Waals surface area contributed by atoms with Crippen LogP contribution in [0.5, 0.6) is 5.75 Å². The molecule has 0 bridgehead atoms. The van der Waals surface area contributed by atoms with Crippen LogP contribution in [0.2, 0.25) is 0 Å². The Labute approximate surface area is 150 Å². The largest absolute Gasteiger partial charge is 0.489 e. The van der Waals surface area contributed by atoms with E-state index in [4.69, 9.17) is 4.74 Å². The molecule has 3 aromatic carbocycles. The van der Waals surface area contributed by atoms with Gasteiger partial charge in [-0.3, -0.25) is 4.79 Å². The minimum Gasteiger partial charge on any atom is -0.489 e. The van der Waals surface area contributed by atoms with E-state index in [1.54, 1.807) is 18.2 Å². The minimum atomic E-state index is -0.327. The molecule has 0 spiro atoms. The van der Waals surface area contributed by atoms with Gasteiger partial charge in [0, 0.05) is 5.69 Å². The number of fused-ring (bicyclic) bond motifs is 1. The number of nitrogens with one attached hydrogen (secondary N) is 2. The third-order valence-electron chi connectivity index (χ3n) is 4.26. The van der Waals surface area contributed by atoms with E-state index in [-0.39, 0.29) is 17.9 Å². The molecule has 26 heavy (non-hydrogen) atoms. The molecule has 5 heteroatoms. The van der Waals surface area contributed by atoms with Crippen molar-refractivity contribution in [2.45, 2.75) is 12.8 Å². The summed E-state index contributed by atoms with van der Waals surface area (Å²) in [4.78, 5) is 12.3. The number of benzene rings is 3. The van der Waals surface area contributed by atoms with Gasteiger partial charge in [0.2, 0.25) is 0 Å². The second kappa shape index (κ2) is 6.88. The lowest BCUT2D eigenvalue weighted by Crippen LogP contribution is -2.38. The van der Waals surface area contributed by atoms with Gasteiger partial charge < -0.3 is 15.4 Å².